The first-order valence-corrected chi connectivity index (χ1v) is 12.4. The minimum absolute atomic E-state index is 0.113. The van der Waals surface area contributed by atoms with Gasteiger partial charge in [0.15, 0.2) is 5.65 Å². The van der Waals surface area contributed by atoms with Gasteiger partial charge in [0.05, 0.1) is 31.1 Å². The summed E-state index contributed by atoms with van der Waals surface area (Å²) in [7, 11) is 2.99. The standard InChI is InChI=1S/C26H28N8O3/c1-32(26(36)37-2)15-19-12-21(8-10-28-19)33-23-22(24(35)34(33)20-5-6-20)14-29-25(31-23)30-18-4-3-17-13-27-9-7-16(17)11-18/h3-4,8,10-12,14,20,27H,5-7,9,13,15H2,1-2H3,(H,29,30,31). The van der Waals surface area contributed by atoms with E-state index in [4.69, 9.17) is 9.72 Å². The zero-order chi connectivity index (χ0) is 25.5. The molecule has 1 saturated carbocycles. The Morgan fingerprint density at radius 2 is 2.08 bits per heavy atom. The Hall–Kier alpha value is -4.25. The highest BCUT2D eigenvalue weighted by molar-refractivity contribution is 5.77. The van der Waals surface area contributed by atoms with Gasteiger partial charge < -0.3 is 20.3 Å². The van der Waals surface area contributed by atoms with Crippen LogP contribution in [-0.4, -0.2) is 56.0 Å². The van der Waals surface area contributed by atoms with Gasteiger partial charge in [-0.15, -0.1) is 0 Å². The molecule has 190 valence electrons. The molecule has 3 aromatic heterocycles. The van der Waals surface area contributed by atoms with Gasteiger partial charge in [0.25, 0.3) is 5.56 Å². The fourth-order valence-electron chi connectivity index (χ4n) is 4.79. The van der Waals surface area contributed by atoms with Gasteiger partial charge in [-0.1, -0.05) is 6.07 Å². The number of anilines is 2. The number of aromatic nitrogens is 5. The van der Waals surface area contributed by atoms with E-state index >= 15 is 0 Å². The van der Waals surface area contributed by atoms with Crippen molar-refractivity contribution in [2.75, 3.05) is 26.0 Å². The maximum absolute atomic E-state index is 13.4. The summed E-state index contributed by atoms with van der Waals surface area (Å²) in [6, 6.07) is 10.1. The molecule has 0 spiro atoms. The van der Waals surface area contributed by atoms with Crippen LogP contribution < -0.4 is 16.2 Å². The summed E-state index contributed by atoms with van der Waals surface area (Å²) in [5.74, 6) is 0.419. The molecule has 6 rings (SSSR count). The molecule has 4 heterocycles. The second-order valence-electron chi connectivity index (χ2n) is 9.49. The first-order valence-electron chi connectivity index (χ1n) is 12.4. The van der Waals surface area contributed by atoms with Gasteiger partial charge in [0, 0.05) is 31.7 Å². The number of methoxy groups -OCH3 is 1. The van der Waals surface area contributed by atoms with Crippen LogP contribution >= 0.6 is 0 Å². The van der Waals surface area contributed by atoms with Crippen LogP contribution in [0.4, 0.5) is 16.4 Å². The number of hydrogen-bond acceptors (Lipinski definition) is 8. The maximum Gasteiger partial charge on any atom is 0.409 e. The summed E-state index contributed by atoms with van der Waals surface area (Å²) in [5, 5.41) is 7.16. The predicted octanol–water partition coefficient (Wildman–Crippen LogP) is 2.90. The van der Waals surface area contributed by atoms with Crippen molar-refractivity contribution in [3.05, 3.63) is 69.9 Å². The van der Waals surface area contributed by atoms with Crippen molar-refractivity contribution in [1.29, 1.82) is 0 Å². The first-order chi connectivity index (χ1) is 18.0. The summed E-state index contributed by atoms with van der Waals surface area (Å²) in [6.07, 6.45) is 5.66. The van der Waals surface area contributed by atoms with E-state index in [-0.39, 0.29) is 18.1 Å². The first kappa shape index (κ1) is 23.2. The number of carbonyl (C=O) groups excluding carboxylic acids is 1. The minimum atomic E-state index is -0.449. The molecule has 0 radical (unpaired) electrons. The summed E-state index contributed by atoms with van der Waals surface area (Å²) >= 11 is 0. The molecule has 0 bridgehead atoms. The molecule has 1 aliphatic heterocycles. The van der Waals surface area contributed by atoms with Crippen molar-refractivity contribution in [3.63, 3.8) is 0 Å². The molecule has 1 fully saturated rings. The molecule has 37 heavy (non-hydrogen) atoms. The van der Waals surface area contributed by atoms with Gasteiger partial charge in [0.2, 0.25) is 5.95 Å². The molecule has 1 aliphatic carbocycles. The van der Waals surface area contributed by atoms with Crippen molar-refractivity contribution in [2.24, 2.45) is 0 Å². The van der Waals surface area contributed by atoms with Crippen molar-refractivity contribution in [1.82, 2.24) is 34.5 Å². The lowest BCUT2D eigenvalue weighted by Crippen LogP contribution is -2.26. The lowest BCUT2D eigenvalue weighted by molar-refractivity contribution is 0.131. The van der Waals surface area contributed by atoms with E-state index in [9.17, 15) is 9.59 Å². The van der Waals surface area contributed by atoms with Crippen LogP contribution in [0.2, 0.25) is 0 Å². The second-order valence-corrected chi connectivity index (χ2v) is 9.49. The molecule has 0 atom stereocenters. The third-order valence-corrected chi connectivity index (χ3v) is 6.80. The number of hydrogen-bond donors (Lipinski definition) is 2. The number of nitrogens with zero attached hydrogens (tertiary/aromatic N) is 6. The van der Waals surface area contributed by atoms with E-state index in [1.54, 1.807) is 24.1 Å². The maximum atomic E-state index is 13.4. The van der Waals surface area contributed by atoms with Crippen molar-refractivity contribution in [3.8, 4) is 5.69 Å². The van der Waals surface area contributed by atoms with Gasteiger partial charge in [-0.2, -0.15) is 4.98 Å². The quantitative estimate of drug-likeness (QED) is 0.415. The van der Waals surface area contributed by atoms with E-state index in [2.05, 4.69) is 32.7 Å². The Labute approximate surface area is 213 Å². The number of ether oxygens (including phenoxy) is 1. The van der Waals surface area contributed by atoms with Crippen LogP contribution in [0, 0.1) is 0 Å². The molecule has 1 amide bonds. The van der Waals surface area contributed by atoms with Gasteiger partial charge in [0.1, 0.15) is 5.39 Å². The Morgan fingerprint density at radius 3 is 2.89 bits per heavy atom. The van der Waals surface area contributed by atoms with Gasteiger partial charge in [-0.25, -0.2) is 19.1 Å². The molecule has 11 nitrogen and oxygen atoms in total. The minimum Gasteiger partial charge on any atom is -0.453 e. The highest BCUT2D eigenvalue weighted by atomic mass is 16.5. The predicted molar refractivity (Wildman–Crippen MR) is 138 cm³/mol. The SMILES string of the molecule is COC(=O)N(C)Cc1cc(-n2c3nc(Nc4ccc5c(c4)CCNC5)ncc3c(=O)n2C2CC2)ccn1. The topological polar surface area (TPSA) is 119 Å². The summed E-state index contributed by atoms with van der Waals surface area (Å²) < 4.78 is 8.41. The average molecular weight is 501 g/mol. The fraction of sp³-hybridized carbons (Fsp3) is 0.346. The monoisotopic (exact) mass is 500 g/mol. The molecular formula is C26H28N8O3. The Kier molecular flexibility index (Phi) is 5.84. The van der Waals surface area contributed by atoms with Crippen LogP contribution in [0.25, 0.3) is 16.7 Å². The van der Waals surface area contributed by atoms with Crippen LogP contribution in [-0.2, 0) is 24.2 Å². The molecule has 11 heteroatoms. The van der Waals surface area contributed by atoms with E-state index in [1.807, 2.05) is 22.9 Å². The third kappa shape index (κ3) is 4.42. The fourth-order valence-corrected chi connectivity index (χ4v) is 4.79. The van der Waals surface area contributed by atoms with E-state index < -0.39 is 6.09 Å². The average Bonchev–Trinajstić information content (AvgIpc) is 3.72. The van der Waals surface area contributed by atoms with Crippen LogP contribution in [0.5, 0.6) is 0 Å². The van der Waals surface area contributed by atoms with E-state index in [0.717, 1.165) is 43.7 Å². The highest BCUT2D eigenvalue weighted by Gasteiger charge is 2.31. The van der Waals surface area contributed by atoms with Gasteiger partial charge in [-0.3, -0.25) is 9.78 Å². The van der Waals surface area contributed by atoms with Gasteiger partial charge in [-0.05, 0) is 61.2 Å². The highest BCUT2D eigenvalue weighted by Crippen LogP contribution is 2.35. The largest absolute Gasteiger partial charge is 0.453 e. The number of benzene rings is 1. The third-order valence-electron chi connectivity index (χ3n) is 6.80. The molecular weight excluding hydrogens is 472 g/mol. The number of amides is 1. The Balaban J connectivity index is 1.40. The van der Waals surface area contributed by atoms with Crippen LogP contribution in [0.1, 0.15) is 35.7 Å². The number of rotatable bonds is 6. The molecule has 1 aromatic carbocycles. The summed E-state index contributed by atoms with van der Waals surface area (Å²) in [6.45, 7) is 2.11. The zero-order valence-electron chi connectivity index (χ0n) is 20.8. The van der Waals surface area contributed by atoms with Crippen LogP contribution in [0.3, 0.4) is 0 Å². The van der Waals surface area contributed by atoms with Crippen LogP contribution in [0.15, 0.2) is 47.5 Å². The molecule has 4 aromatic rings. The lowest BCUT2D eigenvalue weighted by Gasteiger charge is -2.18. The zero-order valence-corrected chi connectivity index (χ0v) is 20.8. The molecule has 0 unspecified atom stereocenters. The van der Waals surface area contributed by atoms with Gasteiger partial charge >= 0.3 is 6.09 Å². The lowest BCUT2D eigenvalue weighted by atomic mass is 10.0. The molecule has 2 aliphatic rings. The van der Waals surface area contributed by atoms with Crippen molar-refractivity contribution in [2.45, 2.75) is 38.4 Å². The normalized spacial score (nSPS) is 14.9. The van der Waals surface area contributed by atoms with E-state index in [1.165, 1.54) is 23.1 Å². The number of carbonyl (C=O) groups is 1. The Morgan fingerprint density at radius 1 is 1.22 bits per heavy atom. The van der Waals surface area contributed by atoms with Crippen molar-refractivity contribution >= 4 is 28.8 Å². The molecule has 0 saturated heterocycles. The summed E-state index contributed by atoms with van der Waals surface area (Å²) in [4.78, 5) is 40.3. The number of pyridine rings is 1. The smallest absolute Gasteiger partial charge is 0.409 e. The van der Waals surface area contributed by atoms with Crippen molar-refractivity contribution < 1.29 is 9.53 Å². The second kappa shape index (κ2) is 9.32. The molecule has 2 N–H and O–H groups in total. The number of nitrogens with one attached hydrogen (secondary N) is 2. The Bertz CT molecular complexity index is 1560. The van der Waals surface area contributed by atoms with E-state index in [0.29, 0.717) is 22.7 Å². The summed E-state index contributed by atoms with van der Waals surface area (Å²) in [5.41, 5.74) is 5.34. The number of fused-ring (bicyclic) bond motifs is 2.